The third-order valence-electron chi connectivity index (χ3n) is 3.03. The lowest BCUT2D eigenvalue weighted by Crippen LogP contribution is -2.24. The second-order valence-corrected chi connectivity index (χ2v) is 4.77. The Morgan fingerprint density at radius 2 is 2.10 bits per heavy atom. The first-order chi connectivity index (χ1) is 10.1. The molecule has 0 amide bonds. The molecule has 5 nitrogen and oxygen atoms in total. The molecule has 2 rings (SSSR count). The summed E-state index contributed by atoms with van der Waals surface area (Å²) in [6.45, 7) is 0.700. The van der Waals surface area contributed by atoms with Gasteiger partial charge in [-0.05, 0) is 11.6 Å². The molecule has 0 atom stereocenters. The smallest absolute Gasteiger partial charge is 0.269 e. The van der Waals surface area contributed by atoms with Crippen molar-refractivity contribution < 1.29 is 0 Å². The van der Waals surface area contributed by atoms with Gasteiger partial charge in [0, 0.05) is 25.7 Å². The van der Waals surface area contributed by atoms with E-state index in [0.29, 0.717) is 13.1 Å². The van der Waals surface area contributed by atoms with Crippen molar-refractivity contribution in [3.63, 3.8) is 0 Å². The fourth-order valence-corrected chi connectivity index (χ4v) is 1.88. The Bertz CT molecular complexity index is 738. The summed E-state index contributed by atoms with van der Waals surface area (Å²) in [4.78, 5) is 13.9. The second kappa shape index (κ2) is 6.73. The highest BCUT2D eigenvalue weighted by molar-refractivity contribution is 5.42. The van der Waals surface area contributed by atoms with Gasteiger partial charge in [0.05, 0.1) is 25.0 Å². The van der Waals surface area contributed by atoms with Crippen LogP contribution in [0.4, 0.5) is 5.69 Å². The van der Waals surface area contributed by atoms with Crippen molar-refractivity contribution in [1.82, 2.24) is 9.78 Å². The quantitative estimate of drug-likeness (QED) is 0.840. The number of benzene rings is 1. The molecule has 1 aromatic heterocycles. The lowest BCUT2D eigenvalue weighted by atomic mass is 10.1. The average molecular weight is 282 g/mol. The molecule has 21 heavy (non-hydrogen) atoms. The van der Waals surface area contributed by atoms with E-state index in [2.05, 4.69) is 16.9 Å². The predicted octanol–water partition coefficient (Wildman–Crippen LogP) is 0.668. The zero-order valence-electron chi connectivity index (χ0n) is 12.2. The van der Waals surface area contributed by atoms with Gasteiger partial charge in [-0.25, -0.2) is 4.68 Å². The summed E-state index contributed by atoms with van der Waals surface area (Å²) in [5.74, 6) is 5.85. The van der Waals surface area contributed by atoms with Crippen LogP contribution in [-0.2, 0) is 6.54 Å². The normalized spacial score (nSPS) is 9.86. The number of nitrogens with zero attached hydrogens (tertiary/aromatic N) is 3. The highest BCUT2D eigenvalue weighted by Crippen LogP contribution is 2.09. The van der Waals surface area contributed by atoms with Gasteiger partial charge in [-0.3, -0.25) is 4.79 Å². The minimum absolute atomic E-state index is 0.136. The van der Waals surface area contributed by atoms with E-state index in [-0.39, 0.29) is 5.56 Å². The van der Waals surface area contributed by atoms with Crippen molar-refractivity contribution in [3.05, 3.63) is 58.0 Å². The topological polar surface area (TPSA) is 64.2 Å². The number of nitrogens with two attached hydrogens (primary N) is 1. The van der Waals surface area contributed by atoms with Crippen molar-refractivity contribution in [2.24, 2.45) is 5.73 Å². The summed E-state index contributed by atoms with van der Waals surface area (Å²) < 4.78 is 1.43. The molecular weight excluding hydrogens is 264 g/mol. The summed E-state index contributed by atoms with van der Waals surface area (Å²) in [5, 5.41) is 4.21. The molecule has 0 saturated heterocycles. The molecule has 1 heterocycles. The summed E-state index contributed by atoms with van der Waals surface area (Å²) in [5.41, 5.74) is 7.87. The Kier molecular flexibility index (Phi) is 4.75. The van der Waals surface area contributed by atoms with Crippen LogP contribution in [0.15, 0.2) is 41.3 Å². The molecule has 0 spiro atoms. The average Bonchev–Trinajstić information content (AvgIpc) is 2.48. The van der Waals surface area contributed by atoms with Gasteiger partial charge in [0.2, 0.25) is 0 Å². The van der Waals surface area contributed by atoms with Gasteiger partial charge in [0.25, 0.3) is 5.56 Å². The first-order valence-corrected chi connectivity index (χ1v) is 6.63. The maximum absolute atomic E-state index is 12.1. The Hall–Kier alpha value is -2.58. The molecule has 2 aromatic rings. The van der Waals surface area contributed by atoms with E-state index in [0.717, 1.165) is 16.8 Å². The number of anilines is 1. The minimum Gasteiger partial charge on any atom is -0.376 e. The van der Waals surface area contributed by atoms with Crippen LogP contribution in [0.3, 0.4) is 0 Å². The van der Waals surface area contributed by atoms with E-state index in [1.807, 2.05) is 43.3 Å². The Morgan fingerprint density at radius 3 is 2.76 bits per heavy atom. The third-order valence-corrected chi connectivity index (χ3v) is 3.03. The van der Waals surface area contributed by atoms with Gasteiger partial charge < -0.3 is 10.6 Å². The first-order valence-electron chi connectivity index (χ1n) is 6.63. The van der Waals surface area contributed by atoms with E-state index in [9.17, 15) is 4.79 Å². The number of hydrogen-bond donors (Lipinski definition) is 1. The van der Waals surface area contributed by atoms with Gasteiger partial charge >= 0.3 is 0 Å². The summed E-state index contributed by atoms with van der Waals surface area (Å²) in [6, 6.07) is 9.25. The fraction of sp³-hybridized carbons (Fsp3) is 0.250. The van der Waals surface area contributed by atoms with Crippen molar-refractivity contribution in [1.29, 1.82) is 0 Å². The van der Waals surface area contributed by atoms with Crippen LogP contribution < -0.4 is 16.2 Å². The van der Waals surface area contributed by atoms with Crippen LogP contribution in [-0.4, -0.2) is 30.4 Å². The van der Waals surface area contributed by atoms with E-state index in [1.165, 1.54) is 4.68 Å². The SMILES string of the molecule is CN(C)c1cnn(Cc2ccccc2C#CCN)c(=O)c1. The highest BCUT2D eigenvalue weighted by atomic mass is 16.1. The van der Waals surface area contributed by atoms with E-state index < -0.39 is 0 Å². The van der Waals surface area contributed by atoms with Crippen LogP contribution in [0.2, 0.25) is 0 Å². The molecule has 0 bridgehead atoms. The van der Waals surface area contributed by atoms with Crippen molar-refractivity contribution in [3.8, 4) is 11.8 Å². The van der Waals surface area contributed by atoms with E-state index in [4.69, 9.17) is 5.73 Å². The van der Waals surface area contributed by atoms with Crippen LogP contribution >= 0.6 is 0 Å². The fourth-order valence-electron chi connectivity index (χ4n) is 1.88. The lowest BCUT2D eigenvalue weighted by molar-refractivity contribution is 0.637. The molecule has 0 aliphatic carbocycles. The minimum atomic E-state index is -0.136. The maximum Gasteiger partial charge on any atom is 0.269 e. The third kappa shape index (κ3) is 3.71. The molecule has 108 valence electrons. The molecule has 0 saturated carbocycles. The lowest BCUT2D eigenvalue weighted by Gasteiger charge is -2.12. The van der Waals surface area contributed by atoms with Gasteiger partial charge in [-0.1, -0.05) is 30.0 Å². The van der Waals surface area contributed by atoms with Crippen LogP contribution in [0.5, 0.6) is 0 Å². The molecule has 1 aromatic carbocycles. The first kappa shape index (κ1) is 14.8. The Morgan fingerprint density at radius 1 is 1.33 bits per heavy atom. The highest BCUT2D eigenvalue weighted by Gasteiger charge is 2.05. The van der Waals surface area contributed by atoms with Crippen LogP contribution in [0.25, 0.3) is 0 Å². The summed E-state index contributed by atoms with van der Waals surface area (Å²) in [7, 11) is 3.75. The standard InChI is InChI=1S/C16H18N4O/c1-19(2)15-10-16(21)20(18-11-15)12-14-7-4-3-6-13(14)8-5-9-17/h3-4,6-7,10-11H,9,12,17H2,1-2H3. The predicted molar refractivity (Wildman–Crippen MR) is 84.3 cm³/mol. The van der Waals surface area contributed by atoms with Crippen molar-refractivity contribution in [2.45, 2.75) is 6.54 Å². The zero-order valence-corrected chi connectivity index (χ0v) is 12.2. The van der Waals surface area contributed by atoms with Gasteiger partial charge in [0.1, 0.15) is 0 Å². The Labute approximate surface area is 124 Å². The molecule has 5 heteroatoms. The molecule has 0 radical (unpaired) electrons. The molecule has 2 N–H and O–H groups in total. The monoisotopic (exact) mass is 282 g/mol. The van der Waals surface area contributed by atoms with Crippen LogP contribution in [0.1, 0.15) is 11.1 Å². The summed E-state index contributed by atoms with van der Waals surface area (Å²) >= 11 is 0. The van der Waals surface area contributed by atoms with Gasteiger partial charge in [-0.2, -0.15) is 5.10 Å². The largest absolute Gasteiger partial charge is 0.376 e. The van der Waals surface area contributed by atoms with E-state index in [1.54, 1.807) is 12.3 Å². The molecule has 0 aliphatic heterocycles. The van der Waals surface area contributed by atoms with Crippen molar-refractivity contribution >= 4 is 5.69 Å². The van der Waals surface area contributed by atoms with Crippen LogP contribution in [0, 0.1) is 11.8 Å². The van der Waals surface area contributed by atoms with Gasteiger partial charge in [0.15, 0.2) is 0 Å². The summed E-state index contributed by atoms with van der Waals surface area (Å²) in [6.07, 6.45) is 1.68. The Balaban J connectivity index is 2.33. The molecule has 0 aliphatic rings. The van der Waals surface area contributed by atoms with Crippen molar-refractivity contribution in [2.75, 3.05) is 25.5 Å². The van der Waals surface area contributed by atoms with Gasteiger partial charge in [-0.15, -0.1) is 0 Å². The molecular formula is C16H18N4O. The molecule has 0 fully saturated rings. The second-order valence-electron chi connectivity index (χ2n) is 4.77. The zero-order chi connectivity index (χ0) is 15.2. The van der Waals surface area contributed by atoms with E-state index >= 15 is 0 Å². The maximum atomic E-state index is 12.1. The number of rotatable bonds is 3. The number of hydrogen-bond acceptors (Lipinski definition) is 4. The molecule has 0 unspecified atom stereocenters. The number of aromatic nitrogens is 2.